The number of carboxylic acid groups (broad SMARTS) is 1. The normalized spacial score (nSPS) is 10.1. The van der Waals surface area contributed by atoms with Crippen LogP contribution in [0.4, 0.5) is 4.39 Å². The first-order valence-corrected chi connectivity index (χ1v) is 4.98. The summed E-state index contributed by atoms with van der Waals surface area (Å²) in [6.07, 6.45) is 0.144. The molecule has 0 aliphatic rings. The maximum absolute atomic E-state index is 11.9. The lowest BCUT2D eigenvalue weighted by molar-refractivity contribution is 0.0692. The van der Waals surface area contributed by atoms with Crippen molar-refractivity contribution >= 4 is 18.6 Å². The number of hydrogen-bond acceptors (Lipinski definition) is 4. The number of alkyl halides is 1. The van der Waals surface area contributed by atoms with Crippen LogP contribution in [0.25, 0.3) is 0 Å². The Kier molecular flexibility index (Phi) is 4.93. The minimum absolute atomic E-state index is 0.00319. The van der Waals surface area contributed by atoms with Gasteiger partial charge in [-0.25, -0.2) is 4.79 Å². The third kappa shape index (κ3) is 3.72. The van der Waals surface area contributed by atoms with Gasteiger partial charge in [0.05, 0.1) is 13.3 Å². The van der Waals surface area contributed by atoms with Crippen LogP contribution in [-0.4, -0.2) is 41.5 Å². The Morgan fingerprint density at radius 1 is 1.41 bits per heavy atom. The molecule has 0 aromatic heterocycles. The monoisotopic (exact) mass is 242 g/mol. The van der Waals surface area contributed by atoms with Crippen molar-refractivity contribution in [1.29, 1.82) is 0 Å². The van der Waals surface area contributed by atoms with E-state index in [1.165, 1.54) is 18.2 Å². The summed E-state index contributed by atoms with van der Waals surface area (Å²) in [5.41, 5.74) is 0.0125. The van der Waals surface area contributed by atoms with Crippen molar-refractivity contribution in [2.24, 2.45) is 0 Å². The van der Waals surface area contributed by atoms with Gasteiger partial charge in [-0.15, -0.1) is 0 Å². The highest BCUT2D eigenvalue weighted by Crippen LogP contribution is 2.17. The smallest absolute Gasteiger partial charge is 0.488 e. The number of halogens is 1. The van der Waals surface area contributed by atoms with Crippen molar-refractivity contribution < 1.29 is 29.1 Å². The number of hydrogen-bond donors (Lipinski definition) is 3. The average Bonchev–Trinajstić information content (AvgIpc) is 2.28. The van der Waals surface area contributed by atoms with Crippen LogP contribution in [0.2, 0.25) is 0 Å². The fourth-order valence-corrected chi connectivity index (χ4v) is 1.23. The molecule has 0 saturated carbocycles. The molecule has 0 spiro atoms. The molecular formula is C10H12BFO5. The average molecular weight is 242 g/mol. The minimum atomic E-state index is -1.71. The van der Waals surface area contributed by atoms with Gasteiger partial charge in [0.2, 0.25) is 0 Å². The van der Waals surface area contributed by atoms with E-state index in [9.17, 15) is 9.18 Å². The lowest BCUT2D eigenvalue weighted by Gasteiger charge is -2.10. The van der Waals surface area contributed by atoms with Crippen molar-refractivity contribution in [3.8, 4) is 5.75 Å². The topological polar surface area (TPSA) is 87.0 Å². The molecule has 0 unspecified atom stereocenters. The molecule has 0 bridgehead atoms. The zero-order chi connectivity index (χ0) is 12.8. The Morgan fingerprint density at radius 3 is 2.65 bits per heavy atom. The Hall–Kier alpha value is -1.60. The first-order valence-electron chi connectivity index (χ1n) is 4.98. The van der Waals surface area contributed by atoms with Crippen molar-refractivity contribution in [3.63, 3.8) is 0 Å². The van der Waals surface area contributed by atoms with E-state index in [-0.39, 0.29) is 29.8 Å². The summed E-state index contributed by atoms with van der Waals surface area (Å²) >= 11 is 0. The summed E-state index contributed by atoms with van der Waals surface area (Å²) < 4.78 is 17.0. The summed E-state index contributed by atoms with van der Waals surface area (Å²) in [6, 6.07) is 3.70. The van der Waals surface area contributed by atoms with Crippen LogP contribution in [0.1, 0.15) is 16.8 Å². The molecule has 0 amide bonds. The first kappa shape index (κ1) is 13.5. The molecule has 0 heterocycles. The summed E-state index contributed by atoms with van der Waals surface area (Å²) in [7, 11) is -1.71. The lowest BCUT2D eigenvalue weighted by Crippen LogP contribution is -2.30. The fourth-order valence-electron chi connectivity index (χ4n) is 1.23. The van der Waals surface area contributed by atoms with E-state index in [1.54, 1.807) is 0 Å². The van der Waals surface area contributed by atoms with Gasteiger partial charge in [0, 0.05) is 6.42 Å². The lowest BCUT2D eigenvalue weighted by atomic mass is 9.80. The molecular weight excluding hydrogens is 230 g/mol. The second-order valence-corrected chi connectivity index (χ2v) is 3.33. The molecule has 0 aliphatic carbocycles. The van der Waals surface area contributed by atoms with Crippen molar-refractivity contribution in [3.05, 3.63) is 23.8 Å². The van der Waals surface area contributed by atoms with E-state index in [4.69, 9.17) is 19.9 Å². The molecule has 92 valence electrons. The van der Waals surface area contributed by atoms with Gasteiger partial charge in [0.25, 0.3) is 0 Å². The van der Waals surface area contributed by atoms with Gasteiger partial charge < -0.3 is 19.9 Å². The zero-order valence-corrected chi connectivity index (χ0v) is 8.97. The van der Waals surface area contributed by atoms with Crippen LogP contribution in [0, 0.1) is 0 Å². The molecule has 0 aliphatic heterocycles. The highest BCUT2D eigenvalue weighted by atomic mass is 19.1. The Morgan fingerprint density at radius 2 is 2.12 bits per heavy atom. The second-order valence-electron chi connectivity index (χ2n) is 3.33. The fraction of sp³-hybridized carbons (Fsp3) is 0.300. The van der Waals surface area contributed by atoms with E-state index in [0.717, 1.165) is 0 Å². The summed E-state index contributed by atoms with van der Waals surface area (Å²) in [5, 5.41) is 26.8. The maximum atomic E-state index is 11.9. The van der Waals surface area contributed by atoms with E-state index in [2.05, 4.69) is 0 Å². The molecule has 5 nitrogen and oxygen atoms in total. The van der Waals surface area contributed by atoms with E-state index >= 15 is 0 Å². The number of carboxylic acids is 1. The third-order valence-corrected chi connectivity index (χ3v) is 2.07. The molecule has 0 atom stereocenters. The molecule has 0 saturated heterocycles. The summed E-state index contributed by atoms with van der Waals surface area (Å²) in [4.78, 5) is 10.9. The molecule has 0 fully saturated rings. The quantitative estimate of drug-likeness (QED) is 0.475. The van der Waals surface area contributed by atoms with E-state index in [0.29, 0.717) is 0 Å². The Bertz CT molecular complexity index is 396. The van der Waals surface area contributed by atoms with Crippen molar-refractivity contribution in [2.75, 3.05) is 13.3 Å². The van der Waals surface area contributed by atoms with E-state index < -0.39 is 19.8 Å². The molecule has 1 rings (SSSR count). The number of aromatic carboxylic acids is 1. The van der Waals surface area contributed by atoms with Crippen LogP contribution in [0.3, 0.4) is 0 Å². The zero-order valence-electron chi connectivity index (χ0n) is 8.97. The molecule has 7 heteroatoms. The van der Waals surface area contributed by atoms with Crippen LogP contribution < -0.4 is 10.2 Å². The van der Waals surface area contributed by atoms with Crippen LogP contribution in [-0.2, 0) is 0 Å². The second kappa shape index (κ2) is 6.22. The van der Waals surface area contributed by atoms with Crippen LogP contribution in [0.15, 0.2) is 18.2 Å². The molecule has 17 heavy (non-hydrogen) atoms. The summed E-state index contributed by atoms with van der Waals surface area (Å²) in [5.74, 6) is -1.20. The van der Waals surface area contributed by atoms with Gasteiger partial charge in [-0.1, -0.05) is 6.07 Å². The third-order valence-electron chi connectivity index (χ3n) is 2.07. The van der Waals surface area contributed by atoms with Crippen LogP contribution >= 0.6 is 0 Å². The predicted octanol–water partition coefficient (Wildman–Crippen LogP) is -0.197. The molecule has 3 N–H and O–H groups in total. The van der Waals surface area contributed by atoms with Crippen molar-refractivity contribution in [1.82, 2.24) is 0 Å². The number of rotatable bonds is 6. The van der Waals surface area contributed by atoms with Gasteiger partial charge in [0.15, 0.2) is 0 Å². The molecule has 0 radical (unpaired) electrons. The molecule has 1 aromatic carbocycles. The maximum Gasteiger partial charge on any atom is 0.488 e. The first-order chi connectivity index (χ1) is 8.06. The largest absolute Gasteiger partial charge is 0.493 e. The van der Waals surface area contributed by atoms with Gasteiger partial charge in [0.1, 0.15) is 11.3 Å². The van der Waals surface area contributed by atoms with Gasteiger partial charge in [-0.3, -0.25) is 4.39 Å². The SMILES string of the molecule is O=C(O)c1ccc(B(O)O)cc1OCCCF. The standard InChI is InChI=1S/C10H12BFO5/c12-4-1-5-17-9-6-7(11(15)16)2-3-8(9)10(13)14/h2-3,6,15-16H,1,4-5H2,(H,13,14). The highest BCUT2D eigenvalue weighted by Gasteiger charge is 2.17. The van der Waals surface area contributed by atoms with Gasteiger partial charge in [-0.2, -0.15) is 0 Å². The Balaban J connectivity index is 2.94. The number of ether oxygens (including phenoxy) is 1. The summed E-state index contributed by atoms with van der Waals surface area (Å²) in [6.45, 7) is -0.535. The Labute approximate surface area is 97.6 Å². The van der Waals surface area contributed by atoms with E-state index in [1.807, 2.05) is 0 Å². The van der Waals surface area contributed by atoms with Gasteiger partial charge >= 0.3 is 13.1 Å². The highest BCUT2D eigenvalue weighted by molar-refractivity contribution is 6.58. The van der Waals surface area contributed by atoms with Gasteiger partial charge in [-0.05, 0) is 17.6 Å². The minimum Gasteiger partial charge on any atom is -0.493 e. The molecule has 1 aromatic rings. The van der Waals surface area contributed by atoms with Crippen LogP contribution in [0.5, 0.6) is 5.75 Å². The van der Waals surface area contributed by atoms with Crippen molar-refractivity contribution in [2.45, 2.75) is 6.42 Å². The predicted molar refractivity (Wildman–Crippen MR) is 59.3 cm³/mol. The number of benzene rings is 1. The number of carbonyl (C=O) groups is 1.